The second-order valence-electron chi connectivity index (χ2n) is 7.20. The minimum absolute atomic E-state index is 0.108. The third-order valence-electron chi connectivity index (χ3n) is 4.88. The van der Waals surface area contributed by atoms with Gasteiger partial charge in [-0.3, -0.25) is 4.99 Å². The highest BCUT2D eigenvalue weighted by atomic mass is 35.5. The molecule has 3 rings (SSSR count). The standard InChI is InChI=1S/C20H28Cl2N6O/c1-4-23-20(24-10-13(2)19-15(21)6-5-7-16(19)22)25-14-8-9-18-26-17(12-29-3)27-28(18)11-14/h5-7,13-14H,4,8-12H2,1-3H3,(H2,23,24,25). The van der Waals surface area contributed by atoms with Gasteiger partial charge in [-0.2, -0.15) is 5.10 Å². The number of aromatic nitrogens is 3. The van der Waals surface area contributed by atoms with Crippen LogP contribution in [0, 0.1) is 0 Å². The predicted octanol–water partition coefficient (Wildman–Crippen LogP) is 3.40. The normalized spacial score (nSPS) is 17.7. The average Bonchev–Trinajstić information content (AvgIpc) is 3.08. The summed E-state index contributed by atoms with van der Waals surface area (Å²) in [6, 6.07) is 5.82. The monoisotopic (exact) mass is 438 g/mol. The van der Waals surface area contributed by atoms with Crippen molar-refractivity contribution in [2.24, 2.45) is 4.99 Å². The highest BCUT2D eigenvalue weighted by Gasteiger charge is 2.22. The van der Waals surface area contributed by atoms with Crippen LogP contribution in [0.1, 0.15) is 43.4 Å². The van der Waals surface area contributed by atoms with Crippen LogP contribution < -0.4 is 10.6 Å². The number of rotatable bonds is 7. The van der Waals surface area contributed by atoms with E-state index in [1.54, 1.807) is 7.11 Å². The minimum Gasteiger partial charge on any atom is -0.377 e. The summed E-state index contributed by atoms with van der Waals surface area (Å²) in [5.41, 5.74) is 0.936. The molecule has 1 aliphatic rings. The van der Waals surface area contributed by atoms with Crippen molar-refractivity contribution in [1.29, 1.82) is 0 Å². The zero-order valence-electron chi connectivity index (χ0n) is 17.1. The average molecular weight is 439 g/mol. The van der Waals surface area contributed by atoms with Crippen molar-refractivity contribution >= 4 is 29.2 Å². The molecule has 0 fully saturated rings. The molecular weight excluding hydrogens is 411 g/mol. The van der Waals surface area contributed by atoms with Crippen LogP contribution in [0.3, 0.4) is 0 Å². The largest absolute Gasteiger partial charge is 0.377 e. The fraction of sp³-hybridized carbons (Fsp3) is 0.550. The summed E-state index contributed by atoms with van der Waals surface area (Å²) in [4.78, 5) is 9.30. The first-order valence-electron chi connectivity index (χ1n) is 9.92. The molecule has 0 bridgehead atoms. The second kappa shape index (κ2) is 10.3. The van der Waals surface area contributed by atoms with Gasteiger partial charge in [-0.25, -0.2) is 9.67 Å². The Morgan fingerprint density at radius 1 is 1.38 bits per heavy atom. The quantitative estimate of drug-likeness (QED) is 0.511. The Kier molecular flexibility index (Phi) is 7.75. The highest BCUT2D eigenvalue weighted by Crippen LogP contribution is 2.31. The first-order valence-corrected chi connectivity index (χ1v) is 10.7. The van der Waals surface area contributed by atoms with E-state index in [-0.39, 0.29) is 12.0 Å². The van der Waals surface area contributed by atoms with Gasteiger partial charge in [0.2, 0.25) is 0 Å². The van der Waals surface area contributed by atoms with Gasteiger partial charge in [0.05, 0.1) is 6.54 Å². The number of aliphatic imine (C=N–C) groups is 1. The van der Waals surface area contributed by atoms with Crippen molar-refractivity contribution in [2.75, 3.05) is 20.2 Å². The number of nitrogens with zero attached hydrogens (tertiary/aromatic N) is 4. The molecule has 2 atom stereocenters. The van der Waals surface area contributed by atoms with Gasteiger partial charge >= 0.3 is 0 Å². The lowest BCUT2D eigenvalue weighted by Gasteiger charge is -2.25. The predicted molar refractivity (Wildman–Crippen MR) is 117 cm³/mol. The molecule has 1 aliphatic heterocycles. The Labute approximate surface area is 181 Å². The van der Waals surface area contributed by atoms with Gasteiger partial charge in [-0.15, -0.1) is 0 Å². The van der Waals surface area contributed by atoms with Gasteiger partial charge < -0.3 is 15.4 Å². The number of ether oxygens (including phenoxy) is 1. The molecule has 0 aliphatic carbocycles. The summed E-state index contributed by atoms with van der Waals surface area (Å²) in [6.45, 7) is 6.69. The molecule has 158 valence electrons. The second-order valence-corrected chi connectivity index (χ2v) is 8.01. The van der Waals surface area contributed by atoms with E-state index >= 15 is 0 Å². The van der Waals surface area contributed by atoms with E-state index in [1.165, 1.54) is 0 Å². The van der Waals surface area contributed by atoms with Crippen molar-refractivity contribution in [1.82, 2.24) is 25.4 Å². The van der Waals surface area contributed by atoms with E-state index in [9.17, 15) is 0 Å². The van der Waals surface area contributed by atoms with Crippen molar-refractivity contribution < 1.29 is 4.74 Å². The lowest BCUT2D eigenvalue weighted by atomic mass is 10.0. The van der Waals surface area contributed by atoms with Crippen LogP contribution in [0.4, 0.5) is 0 Å². The van der Waals surface area contributed by atoms with Gasteiger partial charge in [-0.05, 0) is 31.0 Å². The molecule has 0 saturated carbocycles. The van der Waals surface area contributed by atoms with Crippen LogP contribution in [0.5, 0.6) is 0 Å². The molecule has 2 heterocycles. The summed E-state index contributed by atoms with van der Waals surface area (Å²) >= 11 is 12.7. The van der Waals surface area contributed by atoms with Crippen LogP contribution >= 0.6 is 23.2 Å². The van der Waals surface area contributed by atoms with Crippen LogP contribution in [0.15, 0.2) is 23.2 Å². The number of guanidine groups is 1. The van der Waals surface area contributed by atoms with E-state index < -0.39 is 0 Å². The fourth-order valence-electron chi connectivity index (χ4n) is 3.48. The zero-order chi connectivity index (χ0) is 20.8. The molecule has 1 aromatic heterocycles. The molecule has 2 N–H and O–H groups in total. The van der Waals surface area contributed by atoms with Crippen LogP contribution in [-0.2, 0) is 24.3 Å². The zero-order valence-corrected chi connectivity index (χ0v) is 18.6. The lowest BCUT2D eigenvalue weighted by Crippen LogP contribution is -2.47. The number of nitrogens with one attached hydrogen (secondary N) is 2. The van der Waals surface area contributed by atoms with Crippen LogP contribution in [0.25, 0.3) is 0 Å². The summed E-state index contributed by atoms with van der Waals surface area (Å²) in [5.74, 6) is 2.64. The van der Waals surface area contributed by atoms with Crippen LogP contribution in [0.2, 0.25) is 10.0 Å². The van der Waals surface area contributed by atoms with Gasteiger partial charge in [0.15, 0.2) is 11.8 Å². The summed E-state index contributed by atoms with van der Waals surface area (Å²) < 4.78 is 7.10. The highest BCUT2D eigenvalue weighted by molar-refractivity contribution is 6.36. The molecule has 1 aromatic carbocycles. The Hall–Kier alpha value is -1.83. The molecule has 0 radical (unpaired) electrons. The maximum atomic E-state index is 6.34. The maximum absolute atomic E-state index is 6.34. The summed E-state index contributed by atoms with van der Waals surface area (Å²) in [6.07, 6.45) is 1.85. The van der Waals surface area contributed by atoms with E-state index in [0.717, 1.165) is 49.1 Å². The molecule has 0 amide bonds. The molecule has 9 heteroatoms. The van der Waals surface area contributed by atoms with E-state index in [0.29, 0.717) is 23.2 Å². The Morgan fingerprint density at radius 2 is 2.14 bits per heavy atom. The first-order chi connectivity index (χ1) is 14.0. The molecule has 7 nitrogen and oxygen atoms in total. The topological polar surface area (TPSA) is 76.4 Å². The third kappa shape index (κ3) is 5.62. The van der Waals surface area contributed by atoms with Crippen molar-refractivity contribution in [3.05, 3.63) is 45.5 Å². The van der Waals surface area contributed by atoms with Crippen molar-refractivity contribution in [3.8, 4) is 0 Å². The number of hydrogen-bond donors (Lipinski definition) is 2. The Bertz CT molecular complexity index is 833. The number of methoxy groups -OCH3 is 1. The Morgan fingerprint density at radius 3 is 2.83 bits per heavy atom. The lowest BCUT2D eigenvalue weighted by molar-refractivity contribution is 0.177. The van der Waals surface area contributed by atoms with Gasteiger partial charge in [0.1, 0.15) is 12.4 Å². The smallest absolute Gasteiger partial charge is 0.191 e. The molecule has 0 spiro atoms. The minimum atomic E-state index is 0.108. The third-order valence-corrected chi connectivity index (χ3v) is 5.54. The fourth-order valence-corrected chi connectivity index (χ4v) is 4.25. The van der Waals surface area contributed by atoms with Crippen molar-refractivity contribution in [3.63, 3.8) is 0 Å². The molecular formula is C20H28Cl2N6O. The van der Waals surface area contributed by atoms with Gasteiger partial charge in [0.25, 0.3) is 0 Å². The first kappa shape index (κ1) is 21.9. The number of aryl methyl sites for hydroxylation is 1. The number of fused-ring (bicyclic) bond motifs is 1. The molecule has 0 saturated heterocycles. The summed E-state index contributed by atoms with van der Waals surface area (Å²) in [7, 11) is 1.65. The number of halogens is 2. The maximum Gasteiger partial charge on any atom is 0.191 e. The molecule has 2 unspecified atom stereocenters. The SMILES string of the molecule is CCNC(=NCC(C)c1c(Cl)cccc1Cl)NC1CCc2nc(COC)nn2C1. The number of hydrogen-bond acceptors (Lipinski definition) is 4. The van der Waals surface area contributed by atoms with E-state index in [2.05, 4.69) is 34.6 Å². The molecule has 29 heavy (non-hydrogen) atoms. The van der Waals surface area contributed by atoms with Crippen LogP contribution in [-0.4, -0.2) is 47.0 Å². The van der Waals surface area contributed by atoms with E-state index in [4.69, 9.17) is 32.9 Å². The van der Waals surface area contributed by atoms with E-state index in [1.807, 2.05) is 22.9 Å². The summed E-state index contributed by atoms with van der Waals surface area (Å²) in [5, 5.41) is 12.7. The number of benzene rings is 1. The van der Waals surface area contributed by atoms with Crippen molar-refractivity contribution in [2.45, 2.75) is 51.8 Å². The molecule has 2 aromatic rings. The Balaban J connectivity index is 1.65. The van der Waals surface area contributed by atoms with Gasteiger partial charge in [0, 0.05) is 48.6 Å². The van der Waals surface area contributed by atoms with Gasteiger partial charge in [-0.1, -0.05) is 36.2 Å².